The lowest BCUT2D eigenvalue weighted by molar-refractivity contribution is -0.385. The normalized spacial score (nSPS) is 14.2. The molecule has 1 amide bonds. The van der Waals surface area contributed by atoms with Gasteiger partial charge in [-0.15, -0.1) is 0 Å². The maximum atomic E-state index is 12.7. The van der Waals surface area contributed by atoms with Crippen molar-refractivity contribution < 1.29 is 27.6 Å². The first-order valence-corrected chi connectivity index (χ1v) is 11.1. The molecule has 1 heterocycles. The molecule has 29 heavy (non-hydrogen) atoms. The smallest absolute Gasteiger partial charge is 0.271 e. The number of hydrogen-bond donors (Lipinski definition) is 1. The van der Waals surface area contributed by atoms with Crippen LogP contribution in [0.5, 0.6) is 11.5 Å². The molecule has 1 aliphatic rings. The second-order valence-corrected chi connectivity index (χ2v) is 9.33. The van der Waals surface area contributed by atoms with Crippen LogP contribution in [0.3, 0.4) is 0 Å². The third-order valence-electron chi connectivity index (χ3n) is 4.27. The largest absolute Gasteiger partial charge is 0.486 e. The number of nitrogens with zero attached hydrogens (tertiary/aromatic N) is 1. The van der Waals surface area contributed by atoms with E-state index in [2.05, 4.69) is 21.2 Å². The van der Waals surface area contributed by atoms with Crippen molar-refractivity contribution in [2.45, 2.75) is 17.9 Å². The summed E-state index contributed by atoms with van der Waals surface area (Å²) in [7, 11) is -3.73. The van der Waals surface area contributed by atoms with Gasteiger partial charge in [-0.05, 0) is 30.7 Å². The molecular formula is C18H17BrN2O7S. The number of halogens is 1. The highest BCUT2D eigenvalue weighted by Gasteiger charge is 2.22. The number of amides is 1. The van der Waals surface area contributed by atoms with Gasteiger partial charge in [0.15, 0.2) is 21.3 Å². The van der Waals surface area contributed by atoms with Gasteiger partial charge in [-0.3, -0.25) is 14.9 Å². The van der Waals surface area contributed by atoms with Crippen molar-refractivity contribution in [3.63, 3.8) is 0 Å². The molecule has 2 aromatic carbocycles. The number of ether oxygens (including phenoxy) is 2. The van der Waals surface area contributed by atoms with Crippen LogP contribution in [0.2, 0.25) is 0 Å². The van der Waals surface area contributed by atoms with Gasteiger partial charge in [-0.25, -0.2) is 8.42 Å². The summed E-state index contributed by atoms with van der Waals surface area (Å²) in [6, 6.07) is 6.04. The standard InChI is InChI=1S/C18H17BrN2O7S/c1-10(14-8-16-17(9-15(14)19)28-4-3-27-16)20-18(22)11-5-12(21(23)24)7-13(6-11)29(2,25)26/h5-10H,3-4H2,1-2H3,(H,20,22). The summed E-state index contributed by atoms with van der Waals surface area (Å²) in [6.45, 7) is 2.58. The molecule has 1 atom stereocenters. The number of nitro groups is 1. The highest BCUT2D eigenvalue weighted by molar-refractivity contribution is 9.10. The Bertz CT molecular complexity index is 1100. The van der Waals surface area contributed by atoms with Gasteiger partial charge < -0.3 is 14.8 Å². The van der Waals surface area contributed by atoms with E-state index in [1.807, 2.05) is 0 Å². The minimum atomic E-state index is -3.73. The molecule has 1 unspecified atom stereocenters. The second kappa shape index (κ2) is 7.99. The molecule has 0 bridgehead atoms. The SMILES string of the molecule is CC(NC(=O)c1cc([N+](=O)[O-])cc(S(C)(=O)=O)c1)c1cc2c(cc1Br)OCCO2. The number of carbonyl (C=O) groups is 1. The van der Waals surface area contributed by atoms with E-state index < -0.39 is 32.4 Å². The Hall–Kier alpha value is -2.66. The average Bonchev–Trinajstić information content (AvgIpc) is 2.66. The molecule has 1 N–H and O–H groups in total. The fourth-order valence-electron chi connectivity index (χ4n) is 2.80. The molecule has 2 aromatic rings. The van der Waals surface area contributed by atoms with E-state index in [1.54, 1.807) is 19.1 Å². The number of hydrogen-bond acceptors (Lipinski definition) is 7. The van der Waals surface area contributed by atoms with Crippen LogP contribution in [0.15, 0.2) is 39.7 Å². The lowest BCUT2D eigenvalue weighted by atomic mass is 10.1. The minimum absolute atomic E-state index is 0.125. The number of non-ortho nitro benzene ring substituents is 1. The third-order valence-corrected chi connectivity index (χ3v) is 6.05. The average molecular weight is 485 g/mol. The van der Waals surface area contributed by atoms with E-state index in [-0.39, 0.29) is 10.5 Å². The summed E-state index contributed by atoms with van der Waals surface area (Å²) >= 11 is 3.44. The molecule has 154 valence electrons. The molecule has 0 aromatic heterocycles. The number of carbonyl (C=O) groups excluding carboxylic acids is 1. The zero-order valence-corrected chi connectivity index (χ0v) is 17.9. The molecule has 0 radical (unpaired) electrons. The molecule has 1 aliphatic heterocycles. The van der Waals surface area contributed by atoms with Crippen LogP contribution in [0.1, 0.15) is 28.9 Å². The van der Waals surface area contributed by atoms with Crippen molar-refractivity contribution in [1.29, 1.82) is 0 Å². The summed E-state index contributed by atoms with van der Waals surface area (Å²) in [5, 5.41) is 13.8. The monoisotopic (exact) mass is 484 g/mol. The fraction of sp³-hybridized carbons (Fsp3) is 0.278. The van der Waals surface area contributed by atoms with Crippen LogP contribution in [0.4, 0.5) is 5.69 Å². The van der Waals surface area contributed by atoms with Crippen LogP contribution in [-0.2, 0) is 9.84 Å². The topological polar surface area (TPSA) is 125 Å². The van der Waals surface area contributed by atoms with Gasteiger partial charge in [0.05, 0.1) is 15.9 Å². The third kappa shape index (κ3) is 4.67. The molecule has 0 fully saturated rings. The van der Waals surface area contributed by atoms with Gasteiger partial charge in [0, 0.05) is 28.4 Å². The van der Waals surface area contributed by atoms with Gasteiger partial charge in [-0.1, -0.05) is 15.9 Å². The Morgan fingerprint density at radius 1 is 1.17 bits per heavy atom. The summed E-state index contributed by atoms with van der Waals surface area (Å²) < 4.78 is 35.4. The Morgan fingerprint density at radius 2 is 1.79 bits per heavy atom. The van der Waals surface area contributed by atoms with Gasteiger partial charge in [0.1, 0.15) is 13.2 Å². The van der Waals surface area contributed by atoms with Gasteiger partial charge in [0.2, 0.25) is 0 Å². The van der Waals surface area contributed by atoms with Crippen molar-refractivity contribution in [2.75, 3.05) is 19.5 Å². The molecule has 3 rings (SSSR count). The summed E-state index contributed by atoms with van der Waals surface area (Å²) in [6.07, 6.45) is 0.919. The predicted octanol–water partition coefficient (Wildman–Crippen LogP) is 3.02. The zero-order chi connectivity index (χ0) is 21.3. The number of rotatable bonds is 5. The van der Waals surface area contributed by atoms with Gasteiger partial charge in [-0.2, -0.15) is 0 Å². The molecule has 11 heteroatoms. The number of nitrogens with one attached hydrogen (secondary N) is 1. The first kappa shape index (κ1) is 21.1. The molecule has 0 saturated carbocycles. The van der Waals surface area contributed by atoms with E-state index >= 15 is 0 Å². The number of benzene rings is 2. The van der Waals surface area contributed by atoms with Gasteiger partial charge in [0.25, 0.3) is 11.6 Å². The van der Waals surface area contributed by atoms with E-state index in [1.165, 1.54) is 0 Å². The maximum absolute atomic E-state index is 12.7. The first-order valence-electron chi connectivity index (χ1n) is 8.45. The molecule has 0 saturated heterocycles. The van der Waals surface area contributed by atoms with Crippen LogP contribution < -0.4 is 14.8 Å². The summed E-state index contributed by atoms with van der Waals surface area (Å²) in [5.41, 5.74) is 0.0998. The van der Waals surface area contributed by atoms with Crippen molar-refractivity contribution in [1.82, 2.24) is 5.32 Å². The Balaban J connectivity index is 1.90. The quantitative estimate of drug-likeness (QED) is 0.510. The second-order valence-electron chi connectivity index (χ2n) is 6.46. The Labute approximate surface area is 175 Å². The van der Waals surface area contributed by atoms with Crippen LogP contribution >= 0.6 is 15.9 Å². The number of fused-ring (bicyclic) bond motifs is 1. The Kier molecular flexibility index (Phi) is 5.80. The van der Waals surface area contributed by atoms with Crippen LogP contribution in [0, 0.1) is 10.1 Å². The lowest BCUT2D eigenvalue weighted by Gasteiger charge is -2.22. The fourth-order valence-corrected chi connectivity index (χ4v) is 4.14. The number of sulfone groups is 1. The highest BCUT2D eigenvalue weighted by Crippen LogP contribution is 2.37. The maximum Gasteiger partial charge on any atom is 0.271 e. The van der Waals surface area contributed by atoms with Crippen molar-refractivity contribution >= 4 is 37.4 Å². The van der Waals surface area contributed by atoms with Crippen molar-refractivity contribution in [3.05, 3.63) is 56.0 Å². The predicted molar refractivity (Wildman–Crippen MR) is 107 cm³/mol. The molecule has 9 nitrogen and oxygen atoms in total. The van der Waals surface area contributed by atoms with E-state index in [9.17, 15) is 23.3 Å². The summed E-state index contributed by atoms with van der Waals surface area (Å²) in [4.78, 5) is 22.8. The van der Waals surface area contributed by atoms with E-state index in [0.29, 0.717) is 34.7 Å². The molecule has 0 spiro atoms. The van der Waals surface area contributed by atoms with Crippen LogP contribution in [-0.4, -0.2) is 38.7 Å². The zero-order valence-electron chi connectivity index (χ0n) is 15.5. The first-order chi connectivity index (χ1) is 13.6. The lowest BCUT2D eigenvalue weighted by Crippen LogP contribution is -2.27. The van der Waals surface area contributed by atoms with Crippen molar-refractivity contribution in [2.24, 2.45) is 0 Å². The van der Waals surface area contributed by atoms with Crippen molar-refractivity contribution in [3.8, 4) is 11.5 Å². The minimum Gasteiger partial charge on any atom is -0.486 e. The Morgan fingerprint density at radius 3 is 2.38 bits per heavy atom. The summed E-state index contributed by atoms with van der Waals surface area (Å²) in [5.74, 6) is 0.486. The number of nitro benzene ring substituents is 1. The van der Waals surface area contributed by atoms with Gasteiger partial charge >= 0.3 is 0 Å². The highest BCUT2D eigenvalue weighted by atomic mass is 79.9. The van der Waals surface area contributed by atoms with E-state index in [0.717, 1.165) is 24.5 Å². The van der Waals surface area contributed by atoms with Crippen LogP contribution in [0.25, 0.3) is 0 Å². The molecule has 0 aliphatic carbocycles. The molecular weight excluding hydrogens is 468 g/mol. The van der Waals surface area contributed by atoms with E-state index in [4.69, 9.17) is 9.47 Å².